The van der Waals surface area contributed by atoms with Crippen LogP contribution in [0.15, 0.2) is 4.79 Å². The molecule has 6 nitrogen and oxygen atoms in total. The summed E-state index contributed by atoms with van der Waals surface area (Å²) in [6.07, 6.45) is 7.54. The molecular formula is C20H31N5O. The summed E-state index contributed by atoms with van der Waals surface area (Å²) >= 11 is 0. The summed E-state index contributed by atoms with van der Waals surface area (Å²) in [6.45, 7) is 7.18. The number of pyridine rings is 1. The third-order valence-electron chi connectivity index (χ3n) is 5.74. The van der Waals surface area contributed by atoms with E-state index in [4.69, 9.17) is 5.10 Å². The van der Waals surface area contributed by atoms with Crippen LogP contribution >= 0.6 is 0 Å². The van der Waals surface area contributed by atoms with Gasteiger partial charge in [-0.1, -0.05) is 13.8 Å². The molecule has 2 aromatic heterocycles. The first-order valence-electron chi connectivity index (χ1n) is 10.3. The first-order chi connectivity index (χ1) is 12.6. The molecule has 1 atom stereocenters. The predicted octanol–water partition coefficient (Wildman–Crippen LogP) is 2.42. The molecule has 0 saturated carbocycles. The molecule has 6 heteroatoms. The van der Waals surface area contributed by atoms with Crippen molar-refractivity contribution >= 4 is 11.0 Å². The number of aromatic amines is 1. The monoisotopic (exact) mass is 357 g/mol. The molecular weight excluding hydrogens is 326 g/mol. The van der Waals surface area contributed by atoms with Gasteiger partial charge in [-0.2, -0.15) is 5.10 Å². The smallest absolute Gasteiger partial charge is 0.253 e. The zero-order chi connectivity index (χ0) is 18.1. The summed E-state index contributed by atoms with van der Waals surface area (Å²) in [6, 6.07) is 0.818. The normalized spacial score (nSPS) is 20.2. The highest BCUT2D eigenvalue weighted by Gasteiger charge is 2.27. The van der Waals surface area contributed by atoms with Gasteiger partial charge in [0.15, 0.2) is 0 Å². The number of hydrogen-bond acceptors (Lipinski definition) is 4. The fourth-order valence-electron chi connectivity index (χ4n) is 4.46. The Morgan fingerprint density at radius 3 is 2.77 bits per heavy atom. The second kappa shape index (κ2) is 7.53. The van der Waals surface area contributed by atoms with Gasteiger partial charge in [0.2, 0.25) is 0 Å². The van der Waals surface area contributed by atoms with E-state index in [1.165, 1.54) is 23.8 Å². The largest absolute Gasteiger partial charge is 0.314 e. The lowest BCUT2D eigenvalue weighted by molar-refractivity contribution is 0.510. The fourth-order valence-corrected chi connectivity index (χ4v) is 4.46. The van der Waals surface area contributed by atoms with Gasteiger partial charge in [0, 0.05) is 23.5 Å². The van der Waals surface area contributed by atoms with Crippen molar-refractivity contribution in [1.82, 2.24) is 25.4 Å². The molecule has 1 aliphatic heterocycles. The van der Waals surface area contributed by atoms with Crippen molar-refractivity contribution in [3.05, 3.63) is 27.2 Å². The van der Waals surface area contributed by atoms with E-state index in [9.17, 15) is 4.79 Å². The second-order valence-corrected chi connectivity index (χ2v) is 8.06. The summed E-state index contributed by atoms with van der Waals surface area (Å²) in [4.78, 5) is 15.8. The minimum absolute atomic E-state index is 0.0968. The Bertz CT molecular complexity index is 829. The molecule has 4 rings (SSSR count). The van der Waals surface area contributed by atoms with Crippen LogP contribution in [-0.4, -0.2) is 33.9 Å². The molecule has 0 spiro atoms. The quantitative estimate of drug-likeness (QED) is 0.694. The lowest BCUT2D eigenvalue weighted by atomic mass is 9.89. The first kappa shape index (κ1) is 17.7. The van der Waals surface area contributed by atoms with Crippen molar-refractivity contribution in [3.63, 3.8) is 0 Å². The molecule has 3 N–H and O–H groups in total. The number of H-pyrrole nitrogens is 1. The maximum Gasteiger partial charge on any atom is 0.253 e. The van der Waals surface area contributed by atoms with Crippen LogP contribution in [0.3, 0.4) is 0 Å². The Morgan fingerprint density at radius 1 is 1.23 bits per heavy atom. The van der Waals surface area contributed by atoms with Crippen LogP contribution in [-0.2, 0) is 19.4 Å². The molecule has 0 amide bonds. The number of nitrogens with one attached hydrogen (secondary N) is 3. The SMILES string of the molecule is CC(C)NCCCn1nc(C2CCCN2)c2c3c(c(=O)[nH]c21)CCCC3. The van der Waals surface area contributed by atoms with Crippen LogP contribution in [0.5, 0.6) is 0 Å². The van der Waals surface area contributed by atoms with Gasteiger partial charge in [0.1, 0.15) is 5.65 Å². The topological polar surface area (TPSA) is 74.7 Å². The Kier molecular flexibility index (Phi) is 5.14. The van der Waals surface area contributed by atoms with E-state index in [2.05, 4.69) is 29.5 Å². The van der Waals surface area contributed by atoms with E-state index < -0.39 is 0 Å². The second-order valence-electron chi connectivity index (χ2n) is 8.06. The van der Waals surface area contributed by atoms with Crippen molar-refractivity contribution in [2.45, 2.75) is 77.4 Å². The van der Waals surface area contributed by atoms with Gasteiger partial charge in [0.25, 0.3) is 5.56 Å². The van der Waals surface area contributed by atoms with Crippen LogP contribution in [0.1, 0.15) is 68.8 Å². The minimum atomic E-state index is 0.0968. The van der Waals surface area contributed by atoms with Crippen LogP contribution in [0.2, 0.25) is 0 Å². The molecule has 0 bridgehead atoms. The molecule has 2 aliphatic rings. The minimum Gasteiger partial charge on any atom is -0.314 e. The summed E-state index contributed by atoms with van der Waals surface area (Å²) in [5, 5.41) is 13.3. The Balaban J connectivity index is 1.74. The molecule has 142 valence electrons. The average Bonchev–Trinajstić information content (AvgIpc) is 3.27. The van der Waals surface area contributed by atoms with Crippen LogP contribution in [0, 0.1) is 0 Å². The zero-order valence-corrected chi connectivity index (χ0v) is 16.0. The van der Waals surface area contributed by atoms with Gasteiger partial charge in [-0.05, 0) is 63.6 Å². The van der Waals surface area contributed by atoms with Crippen molar-refractivity contribution < 1.29 is 0 Å². The number of rotatable bonds is 6. The van der Waals surface area contributed by atoms with Crippen molar-refractivity contribution in [2.75, 3.05) is 13.1 Å². The molecule has 2 aromatic rings. The summed E-state index contributed by atoms with van der Waals surface area (Å²) < 4.78 is 2.04. The highest BCUT2D eigenvalue weighted by Crippen LogP contribution is 2.33. The van der Waals surface area contributed by atoms with E-state index in [-0.39, 0.29) is 5.56 Å². The number of aryl methyl sites for hydroxylation is 2. The van der Waals surface area contributed by atoms with Crippen LogP contribution in [0.25, 0.3) is 11.0 Å². The van der Waals surface area contributed by atoms with Gasteiger partial charge in [0.05, 0.1) is 11.7 Å². The molecule has 1 aliphatic carbocycles. The number of hydrogen-bond donors (Lipinski definition) is 3. The lowest BCUT2D eigenvalue weighted by Crippen LogP contribution is -2.25. The molecule has 0 radical (unpaired) electrons. The maximum atomic E-state index is 12.7. The van der Waals surface area contributed by atoms with E-state index in [0.717, 1.165) is 68.6 Å². The Hall–Kier alpha value is -1.66. The maximum absolute atomic E-state index is 12.7. The van der Waals surface area contributed by atoms with E-state index in [0.29, 0.717) is 12.1 Å². The molecule has 1 fully saturated rings. The van der Waals surface area contributed by atoms with E-state index in [1.807, 2.05) is 4.68 Å². The fraction of sp³-hybridized carbons (Fsp3) is 0.700. The Morgan fingerprint density at radius 2 is 2.04 bits per heavy atom. The molecule has 26 heavy (non-hydrogen) atoms. The Labute approximate surface area is 154 Å². The average molecular weight is 358 g/mol. The van der Waals surface area contributed by atoms with Gasteiger partial charge in [-0.25, -0.2) is 4.68 Å². The van der Waals surface area contributed by atoms with Crippen molar-refractivity contribution in [1.29, 1.82) is 0 Å². The first-order valence-corrected chi connectivity index (χ1v) is 10.3. The van der Waals surface area contributed by atoms with Crippen molar-refractivity contribution in [3.8, 4) is 0 Å². The molecule has 1 unspecified atom stereocenters. The summed E-state index contributed by atoms with van der Waals surface area (Å²) in [5.74, 6) is 0. The zero-order valence-electron chi connectivity index (χ0n) is 16.0. The summed E-state index contributed by atoms with van der Waals surface area (Å²) in [5.41, 5.74) is 4.46. The van der Waals surface area contributed by atoms with Gasteiger partial charge < -0.3 is 15.6 Å². The number of fused-ring (bicyclic) bond motifs is 3. The molecule has 1 saturated heterocycles. The van der Waals surface area contributed by atoms with Gasteiger partial charge >= 0.3 is 0 Å². The third-order valence-corrected chi connectivity index (χ3v) is 5.74. The van der Waals surface area contributed by atoms with E-state index >= 15 is 0 Å². The van der Waals surface area contributed by atoms with Crippen LogP contribution < -0.4 is 16.2 Å². The van der Waals surface area contributed by atoms with E-state index in [1.54, 1.807) is 0 Å². The van der Waals surface area contributed by atoms with Crippen molar-refractivity contribution in [2.24, 2.45) is 0 Å². The number of aromatic nitrogens is 3. The van der Waals surface area contributed by atoms with Gasteiger partial charge in [-0.15, -0.1) is 0 Å². The third kappa shape index (κ3) is 3.32. The summed E-state index contributed by atoms with van der Waals surface area (Å²) in [7, 11) is 0. The van der Waals surface area contributed by atoms with Crippen LogP contribution in [0.4, 0.5) is 0 Å². The standard InChI is InChI=1S/C20H31N5O/c1-13(2)21-11-6-12-25-19-17(18(24-25)16-9-5-10-22-16)14-7-3-4-8-15(14)20(26)23-19/h13,16,21-22H,3-12H2,1-2H3,(H,23,26). The molecule has 0 aromatic carbocycles. The number of nitrogens with zero attached hydrogens (tertiary/aromatic N) is 2. The van der Waals surface area contributed by atoms with Gasteiger partial charge in [-0.3, -0.25) is 4.79 Å². The molecule has 3 heterocycles. The predicted molar refractivity (Wildman–Crippen MR) is 105 cm³/mol. The highest BCUT2D eigenvalue weighted by atomic mass is 16.1. The lowest BCUT2D eigenvalue weighted by Gasteiger charge is -2.17. The highest BCUT2D eigenvalue weighted by molar-refractivity contribution is 5.84.